The van der Waals surface area contributed by atoms with Crippen molar-refractivity contribution in [1.29, 1.82) is 0 Å². The second-order valence-electron chi connectivity index (χ2n) is 10.1. The molecule has 3 aromatic carbocycles. The van der Waals surface area contributed by atoms with Crippen LogP contribution in [0.1, 0.15) is 75.9 Å². The number of benzene rings is 3. The van der Waals surface area contributed by atoms with Gasteiger partial charge >= 0.3 is 5.97 Å². The third kappa shape index (κ3) is 4.47. The van der Waals surface area contributed by atoms with Crippen LogP contribution >= 0.6 is 0 Å². The van der Waals surface area contributed by atoms with Crippen molar-refractivity contribution < 1.29 is 9.53 Å². The molecule has 0 aliphatic heterocycles. The average molecular weight is 456 g/mol. The van der Waals surface area contributed by atoms with Crippen LogP contribution in [0, 0.1) is 0 Å². The molecule has 1 heterocycles. The molecule has 0 fully saturated rings. The van der Waals surface area contributed by atoms with Crippen LogP contribution in [0.25, 0.3) is 16.7 Å². The number of carbonyl (C=O) groups is 1. The van der Waals surface area contributed by atoms with Crippen molar-refractivity contribution in [3.63, 3.8) is 0 Å². The molecular weight excluding hydrogens is 422 g/mol. The van der Waals surface area contributed by atoms with Crippen LogP contribution < -0.4 is 4.74 Å². The molecule has 0 unspecified atom stereocenters. The van der Waals surface area contributed by atoms with Crippen LogP contribution in [0.2, 0.25) is 0 Å². The number of nitrogens with zero attached hydrogens (tertiary/aromatic N) is 3. The van der Waals surface area contributed by atoms with Crippen molar-refractivity contribution in [3.05, 3.63) is 83.4 Å². The largest absolute Gasteiger partial charge is 0.420 e. The van der Waals surface area contributed by atoms with Gasteiger partial charge in [0.25, 0.3) is 0 Å². The zero-order valence-electron chi connectivity index (χ0n) is 20.9. The van der Waals surface area contributed by atoms with E-state index in [-0.39, 0.29) is 10.8 Å². The van der Waals surface area contributed by atoms with Crippen LogP contribution in [-0.4, -0.2) is 21.0 Å². The smallest absolute Gasteiger partial charge is 0.343 e. The Morgan fingerprint density at radius 1 is 0.824 bits per heavy atom. The van der Waals surface area contributed by atoms with Crippen LogP contribution in [0.15, 0.2) is 66.7 Å². The molecule has 0 atom stereocenters. The Balaban J connectivity index is 1.99. The Bertz CT molecular complexity index is 1290. The minimum atomic E-state index is -0.394. The summed E-state index contributed by atoms with van der Waals surface area (Å²) in [4.78, 5) is 14.8. The first kappa shape index (κ1) is 23.7. The van der Waals surface area contributed by atoms with Gasteiger partial charge in [-0.05, 0) is 59.6 Å². The fourth-order valence-corrected chi connectivity index (χ4v) is 3.85. The quantitative estimate of drug-likeness (QED) is 0.222. The summed E-state index contributed by atoms with van der Waals surface area (Å²) >= 11 is 0. The van der Waals surface area contributed by atoms with Crippen molar-refractivity contribution >= 4 is 17.0 Å². The lowest BCUT2D eigenvalue weighted by atomic mass is 9.76. The van der Waals surface area contributed by atoms with Gasteiger partial charge in [-0.15, -0.1) is 15.0 Å². The second-order valence-corrected chi connectivity index (χ2v) is 10.1. The third-order valence-corrected chi connectivity index (χ3v) is 7.05. The number of rotatable bonds is 7. The Morgan fingerprint density at radius 3 is 1.94 bits per heavy atom. The van der Waals surface area contributed by atoms with E-state index < -0.39 is 5.97 Å². The maximum atomic E-state index is 13.2. The number of ether oxygens (including phenoxy) is 1. The van der Waals surface area contributed by atoms with Crippen LogP contribution in [-0.2, 0) is 10.8 Å². The summed E-state index contributed by atoms with van der Waals surface area (Å²) in [6.07, 6.45) is 1.85. The minimum absolute atomic E-state index is 0.0676. The Kier molecular flexibility index (Phi) is 6.30. The Morgan fingerprint density at radius 2 is 1.38 bits per heavy atom. The summed E-state index contributed by atoms with van der Waals surface area (Å²) in [5, 5.41) is 9.47. The third-order valence-electron chi connectivity index (χ3n) is 7.05. The van der Waals surface area contributed by atoms with E-state index in [4.69, 9.17) is 14.9 Å². The van der Waals surface area contributed by atoms with Crippen molar-refractivity contribution in [2.45, 2.75) is 65.2 Å². The van der Waals surface area contributed by atoms with Crippen molar-refractivity contribution in [3.8, 4) is 11.4 Å². The summed E-state index contributed by atoms with van der Waals surface area (Å²) in [5.41, 5.74) is 4.62. The van der Waals surface area contributed by atoms with Gasteiger partial charge in [-0.3, -0.25) is 0 Å². The predicted octanol–water partition coefficient (Wildman–Crippen LogP) is 7.01. The van der Waals surface area contributed by atoms with Gasteiger partial charge in [0.15, 0.2) is 5.75 Å². The van der Waals surface area contributed by atoms with Gasteiger partial charge in [0.05, 0.1) is 5.56 Å². The van der Waals surface area contributed by atoms with Gasteiger partial charge in [0.2, 0.25) is 0 Å². The van der Waals surface area contributed by atoms with E-state index in [0.29, 0.717) is 17.0 Å². The van der Waals surface area contributed by atoms with Crippen LogP contribution in [0.5, 0.6) is 5.75 Å². The zero-order chi connectivity index (χ0) is 24.5. The average Bonchev–Trinajstić information content (AvgIpc) is 3.28. The summed E-state index contributed by atoms with van der Waals surface area (Å²) in [6.45, 7) is 13.2. The van der Waals surface area contributed by atoms with E-state index in [1.165, 1.54) is 5.56 Å². The first-order chi connectivity index (χ1) is 16.2. The van der Waals surface area contributed by atoms with E-state index in [2.05, 4.69) is 53.7 Å². The fourth-order valence-electron chi connectivity index (χ4n) is 3.85. The molecule has 0 N–H and O–H groups in total. The molecule has 0 saturated carbocycles. The van der Waals surface area contributed by atoms with Gasteiger partial charge in [-0.2, -0.15) is 0 Å². The SMILES string of the molecule is CCC(C)(C)c1cc(-n2nc3ccccc3n2)c(OC(=O)c2ccccc2)c(C(C)(C)CC)c1. The van der Waals surface area contributed by atoms with E-state index in [1.807, 2.05) is 42.5 Å². The van der Waals surface area contributed by atoms with Crippen molar-refractivity contribution in [2.75, 3.05) is 0 Å². The first-order valence-electron chi connectivity index (χ1n) is 11.9. The number of aromatic nitrogens is 3. The minimum Gasteiger partial charge on any atom is -0.420 e. The van der Waals surface area contributed by atoms with E-state index in [0.717, 1.165) is 29.4 Å². The molecule has 5 heteroatoms. The number of carbonyl (C=O) groups excluding carboxylic acids is 1. The molecule has 4 rings (SSSR count). The molecule has 0 radical (unpaired) electrons. The monoisotopic (exact) mass is 455 g/mol. The molecule has 0 aliphatic carbocycles. The molecule has 0 bridgehead atoms. The molecule has 5 nitrogen and oxygen atoms in total. The highest BCUT2D eigenvalue weighted by Crippen LogP contribution is 2.42. The Labute approximate surface area is 201 Å². The second kappa shape index (κ2) is 9.05. The summed E-state index contributed by atoms with van der Waals surface area (Å²) < 4.78 is 6.16. The van der Waals surface area contributed by atoms with E-state index >= 15 is 0 Å². The van der Waals surface area contributed by atoms with E-state index in [9.17, 15) is 4.79 Å². The summed E-state index contributed by atoms with van der Waals surface area (Å²) in [6, 6.07) is 21.1. The van der Waals surface area contributed by atoms with Crippen molar-refractivity contribution in [1.82, 2.24) is 15.0 Å². The van der Waals surface area contributed by atoms with Gasteiger partial charge in [0.1, 0.15) is 16.7 Å². The fraction of sp³-hybridized carbons (Fsp3) is 0.345. The summed E-state index contributed by atoms with van der Waals surface area (Å²) in [5.74, 6) is 0.117. The molecule has 34 heavy (non-hydrogen) atoms. The lowest BCUT2D eigenvalue weighted by Crippen LogP contribution is -2.24. The van der Waals surface area contributed by atoms with Crippen LogP contribution in [0.4, 0.5) is 0 Å². The molecule has 176 valence electrons. The molecule has 1 aromatic heterocycles. The molecule has 0 aliphatic rings. The lowest BCUT2D eigenvalue weighted by Gasteiger charge is -2.31. The number of hydrogen-bond donors (Lipinski definition) is 0. The zero-order valence-corrected chi connectivity index (χ0v) is 20.9. The van der Waals surface area contributed by atoms with E-state index in [1.54, 1.807) is 16.9 Å². The highest BCUT2D eigenvalue weighted by molar-refractivity contribution is 5.91. The predicted molar refractivity (Wildman–Crippen MR) is 137 cm³/mol. The number of esters is 1. The maximum Gasteiger partial charge on any atom is 0.343 e. The molecule has 0 spiro atoms. The molecular formula is C29H33N3O2. The summed E-state index contributed by atoms with van der Waals surface area (Å²) in [7, 11) is 0. The first-order valence-corrected chi connectivity index (χ1v) is 11.9. The maximum absolute atomic E-state index is 13.2. The molecule has 0 amide bonds. The van der Waals surface area contributed by atoms with Gasteiger partial charge < -0.3 is 4.74 Å². The number of hydrogen-bond acceptors (Lipinski definition) is 4. The van der Waals surface area contributed by atoms with Crippen LogP contribution in [0.3, 0.4) is 0 Å². The normalized spacial score (nSPS) is 12.2. The highest BCUT2D eigenvalue weighted by Gasteiger charge is 2.31. The van der Waals surface area contributed by atoms with Gasteiger partial charge in [0, 0.05) is 5.56 Å². The van der Waals surface area contributed by atoms with Gasteiger partial charge in [-0.1, -0.05) is 77.9 Å². The molecule has 4 aromatic rings. The van der Waals surface area contributed by atoms with Crippen molar-refractivity contribution in [2.24, 2.45) is 0 Å². The van der Waals surface area contributed by atoms with Gasteiger partial charge in [-0.25, -0.2) is 4.79 Å². The topological polar surface area (TPSA) is 57.0 Å². The highest BCUT2D eigenvalue weighted by atomic mass is 16.5. The standard InChI is InChI=1S/C29H33N3O2/c1-7-28(3,4)21-18-22(29(5,6)8-2)26(34-27(33)20-14-10-9-11-15-20)25(19-21)32-30-23-16-12-13-17-24(23)31-32/h9-19H,7-8H2,1-6H3. The number of fused-ring (bicyclic) bond motifs is 1. The lowest BCUT2D eigenvalue weighted by molar-refractivity contribution is 0.0731. The molecule has 0 saturated heterocycles. The Hall–Kier alpha value is -3.47.